The summed E-state index contributed by atoms with van der Waals surface area (Å²) in [6, 6.07) is 9.44. The maximum Gasteiger partial charge on any atom is 0.191 e. The van der Waals surface area contributed by atoms with E-state index in [9.17, 15) is 0 Å². The second-order valence-electron chi connectivity index (χ2n) is 7.75. The summed E-state index contributed by atoms with van der Waals surface area (Å²) in [5, 5.41) is 7.04. The summed E-state index contributed by atoms with van der Waals surface area (Å²) < 4.78 is 10.7. The van der Waals surface area contributed by atoms with Gasteiger partial charge in [0.15, 0.2) is 5.96 Å². The Bertz CT molecular complexity index is 623. The average Bonchev–Trinajstić information content (AvgIpc) is 3.39. The Morgan fingerprint density at radius 2 is 2.03 bits per heavy atom. The summed E-state index contributed by atoms with van der Waals surface area (Å²) in [5.41, 5.74) is 1.14. The van der Waals surface area contributed by atoms with Crippen molar-refractivity contribution in [3.8, 4) is 5.75 Å². The Balaban J connectivity index is 0.00000300. The molecule has 1 heterocycles. The summed E-state index contributed by atoms with van der Waals surface area (Å²) in [7, 11) is 1.68. The number of halogens is 1. The highest BCUT2D eigenvalue weighted by Crippen LogP contribution is 2.26. The zero-order chi connectivity index (χ0) is 19.6. The van der Waals surface area contributed by atoms with Crippen LogP contribution in [0.2, 0.25) is 0 Å². The minimum atomic E-state index is 0. The molecule has 0 amide bonds. The van der Waals surface area contributed by atoms with E-state index in [2.05, 4.69) is 34.6 Å². The van der Waals surface area contributed by atoms with Crippen LogP contribution >= 0.6 is 24.0 Å². The molecule has 1 aliphatic carbocycles. The van der Waals surface area contributed by atoms with E-state index in [4.69, 9.17) is 14.5 Å². The van der Waals surface area contributed by atoms with Gasteiger partial charge in [-0.1, -0.05) is 25.0 Å². The summed E-state index contributed by atoms with van der Waals surface area (Å²) in [4.78, 5) is 7.48. The number of nitrogens with one attached hydrogen (secondary N) is 2. The van der Waals surface area contributed by atoms with Crippen LogP contribution in [-0.2, 0) is 11.3 Å². The van der Waals surface area contributed by atoms with Gasteiger partial charge in [-0.2, -0.15) is 0 Å². The van der Waals surface area contributed by atoms with Crippen molar-refractivity contribution < 1.29 is 9.47 Å². The SMILES string of the molecule is CCNC(=NCc1cccc(OCCOC)c1)NC1CCN(C2CCCC2)C1.I. The molecule has 1 aliphatic heterocycles. The second-order valence-corrected chi connectivity index (χ2v) is 7.75. The Hall–Kier alpha value is -1.06. The smallest absolute Gasteiger partial charge is 0.191 e. The lowest BCUT2D eigenvalue weighted by Gasteiger charge is -2.24. The van der Waals surface area contributed by atoms with Crippen LogP contribution < -0.4 is 15.4 Å². The molecule has 0 aromatic heterocycles. The van der Waals surface area contributed by atoms with Crippen molar-refractivity contribution in [2.45, 2.75) is 57.7 Å². The fraction of sp³-hybridized carbons (Fsp3) is 0.682. The average molecular weight is 516 g/mol. The van der Waals surface area contributed by atoms with E-state index in [1.54, 1.807) is 7.11 Å². The van der Waals surface area contributed by atoms with E-state index < -0.39 is 0 Å². The third-order valence-corrected chi connectivity index (χ3v) is 5.62. The van der Waals surface area contributed by atoms with Gasteiger partial charge < -0.3 is 20.1 Å². The second kappa shape index (κ2) is 13.3. The van der Waals surface area contributed by atoms with Crippen LogP contribution in [0.3, 0.4) is 0 Å². The van der Waals surface area contributed by atoms with Crippen molar-refractivity contribution in [1.82, 2.24) is 15.5 Å². The molecule has 164 valence electrons. The highest BCUT2D eigenvalue weighted by molar-refractivity contribution is 14.0. The van der Waals surface area contributed by atoms with Crippen molar-refractivity contribution in [3.63, 3.8) is 0 Å². The van der Waals surface area contributed by atoms with E-state index in [1.807, 2.05) is 12.1 Å². The summed E-state index contributed by atoms with van der Waals surface area (Å²) in [6.07, 6.45) is 6.76. The Morgan fingerprint density at radius 1 is 1.21 bits per heavy atom. The molecule has 1 atom stereocenters. The lowest BCUT2D eigenvalue weighted by Crippen LogP contribution is -2.45. The molecule has 0 bridgehead atoms. The molecule has 1 aromatic carbocycles. The molecule has 6 nitrogen and oxygen atoms in total. The number of likely N-dealkylation sites (tertiary alicyclic amines) is 1. The van der Waals surface area contributed by atoms with Gasteiger partial charge in [-0.15, -0.1) is 24.0 Å². The van der Waals surface area contributed by atoms with E-state index in [-0.39, 0.29) is 24.0 Å². The predicted octanol–water partition coefficient (Wildman–Crippen LogP) is 3.40. The van der Waals surface area contributed by atoms with E-state index in [0.29, 0.717) is 25.8 Å². The predicted molar refractivity (Wildman–Crippen MR) is 129 cm³/mol. The number of aliphatic imine (C=N–C) groups is 1. The number of guanidine groups is 1. The lowest BCUT2D eigenvalue weighted by atomic mass is 10.2. The first-order chi connectivity index (χ1) is 13.8. The number of nitrogens with zero attached hydrogens (tertiary/aromatic N) is 2. The highest BCUT2D eigenvalue weighted by atomic mass is 127. The van der Waals surface area contributed by atoms with Gasteiger partial charge in [0, 0.05) is 38.8 Å². The van der Waals surface area contributed by atoms with Gasteiger partial charge >= 0.3 is 0 Å². The first-order valence-corrected chi connectivity index (χ1v) is 10.8. The Kier molecular flexibility index (Phi) is 11.1. The highest BCUT2D eigenvalue weighted by Gasteiger charge is 2.30. The molecule has 1 saturated heterocycles. The fourth-order valence-electron chi connectivity index (χ4n) is 4.17. The Labute approximate surface area is 192 Å². The van der Waals surface area contributed by atoms with Crippen molar-refractivity contribution in [3.05, 3.63) is 29.8 Å². The first kappa shape index (κ1) is 24.2. The van der Waals surface area contributed by atoms with Gasteiger partial charge in [-0.3, -0.25) is 4.90 Å². The summed E-state index contributed by atoms with van der Waals surface area (Å²) in [5.74, 6) is 1.78. The number of benzene rings is 1. The van der Waals surface area contributed by atoms with Crippen LogP contribution in [0, 0.1) is 0 Å². The fourth-order valence-corrected chi connectivity index (χ4v) is 4.17. The van der Waals surface area contributed by atoms with Crippen LogP contribution in [0.1, 0.15) is 44.6 Å². The zero-order valence-corrected chi connectivity index (χ0v) is 20.2. The number of hydrogen-bond acceptors (Lipinski definition) is 4. The molecule has 1 saturated carbocycles. The summed E-state index contributed by atoms with van der Waals surface area (Å²) >= 11 is 0. The maximum absolute atomic E-state index is 5.70. The van der Waals surface area contributed by atoms with Crippen molar-refractivity contribution in [1.29, 1.82) is 0 Å². The molecule has 1 unspecified atom stereocenters. The maximum atomic E-state index is 5.70. The van der Waals surface area contributed by atoms with Gasteiger partial charge in [0.2, 0.25) is 0 Å². The number of rotatable bonds is 9. The molecule has 29 heavy (non-hydrogen) atoms. The van der Waals surface area contributed by atoms with Crippen molar-refractivity contribution in [2.75, 3.05) is 40.0 Å². The van der Waals surface area contributed by atoms with Crippen LogP contribution in [0.25, 0.3) is 0 Å². The number of ether oxygens (including phenoxy) is 2. The lowest BCUT2D eigenvalue weighted by molar-refractivity contribution is 0.146. The van der Waals surface area contributed by atoms with Crippen LogP contribution in [0.5, 0.6) is 5.75 Å². The summed E-state index contributed by atoms with van der Waals surface area (Å²) in [6.45, 7) is 7.12. The third-order valence-electron chi connectivity index (χ3n) is 5.62. The minimum absolute atomic E-state index is 0. The monoisotopic (exact) mass is 516 g/mol. The van der Waals surface area contributed by atoms with Crippen molar-refractivity contribution in [2.24, 2.45) is 4.99 Å². The van der Waals surface area contributed by atoms with Crippen LogP contribution in [-0.4, -0.2) is 62.9 Å². The van der Waals surface area contributed by atoms with Gasteiger partial charge in [0.1, 0.15) is 12.4 Å². The zero-order valence-electron chi connectivity index (χ0n) is 17.9. The van der Waals surface area contributed by atoms with Gasteiger partial charge in [0.05, 0.1) is 13.2 Å². The van der Waals surface area contributed by atoms with Crippen LogP contribution in [0.15, 0.2) is 29.3 Å². The molecule has 7 heteroatoms. The van der Waals surface area contributed by atoms with Gasteiger partial charge in [-0.25, -0.2) is 4.99 Å². The minimum Gasteiger partial charge on any atom is -0.491 e. The quantitative estimate of drug-likeness (QED) is 0.228. The third kappa shape index (κ3) is 7.94. The normalized spacial score (nSPS) is 20.5. The number of hydrogen-bond donors (Lipinski definition) is 2. The molecular weight excluding hydrogens is 479 g/mol. The molecule has 1 aromatic rings. The standard InChI is InChI=1S/C22H36N4O2.HI/c1-3-23-22(25-19-11-12-26(17-19)20-8-4-5-9-20)24-16-18-7-6-10-21(15-18)28-14-13-27-2;/h6-7,10,15,19-20H,3-5,8-9,11-14,16-17H2,1-2H3,(H2,23,24,25);1H. The largest absolute Gasteiger partial charge is 0.491 e. The molecule has 2 aliphatic rings. The molecule has 2 N–H and O–H groups in total. The van der Waals surface area contributed by atoms with E-state index in [0.717, 1.165) is 36.4 Å². The van der Waals surface area contributed by atoms with Gasteiger partial charge in [-0.05, 0) is 43.9 Å². The van der Waals surface area contributed by atoms with E-state index in [1.165, 1.54) is 38.6 Å². The molecule has 2 fully saturated rings. The molecular formula is C22H37IN4O2. The van der Waals surface area contributed by atoms with E-state index >= 15 is 0 Å². The van der Waals surface area contributed by atoms with Gasteiger partial charge in [0.25, 0.3) is 0 Å². The Morgan fingerprint density at radius 3 is 2.79 bits per heavy atom. The topological polar surface area (TPSA) is 58.1 Å². The molecule has 0 spiro atoms. The number of methoxy groups -OCH3 is 1. The van der Waals surface area contributed by atoms with Crippen LogP contribution in [0.4, 0.5) is 0 Å². The van der Waals surface area contributed by atoms with Crippen molar-refractivity contribution >= 4 is 29.9 Å². The molecule has 3 rings (SSSR count). The molecule has 0 radical (unpaired) electrons. The first-order valence-electron chi connectivity index (χ1n) is 10.8.